The Morgan fingerprint density at radius 3 is 3.06 bits per heavy atom. The second-order valence-corrected chi connectivity index (χ2v) is 5.63. The van der Waals surface area contributed by atoms with E-state index in [1.54, 1.807) is 0 Å². The van der Waals surface area contributed by atoms with Gasteiger partial charge < -0.3 is 10.6 Å². The van der Waals surface area contributed by atoms with E-state index in [1.165, 1.54) is 17.8 Å². The Bertz CT molecular complexity index is 404. The Morgan fingerprint density at radius 1 is 1.65 bits per heavy atom. The average molecular weight is 253 g/mol. The van der Waals surface area contributed by atoms with Gasteiger partial charge in [-0.3, -0.25) is 4.79 Å². The summed E-state index contributed by atoms with van der Waals surface area (Å²) in [7, 11) is 0. The molecule has 1 saturated heterocycles. The van der Waals surface area contributed by atoms with E-state index >= 15 is 0 Å². The van der Waals surface area contributed by atoms with Crippen molar-refractivity contribution in [2.75, 3.05) is 6.54 Å². The zero-order valence-corrected chi connectivity index (χ0v) is 11.2. The predicted molar refractivity (Wildman–Crippen MR) is 68.9 cm³/mol. The summed E-state index contributed by atoms with van der Waals surface area (Å²) in [5.41, 5.74) is 6.07. The Labute approximate surface area is 106 Å². The molecular formula is C12H19N3OS. The topological polar surface area (TPSA) is 59.2 Å². The Kier molecular flexibility index (Phi) is 3.79. The number of carbonyl (C=O) groups is 1. The molecule has 17 heavy (non-hydrogen) atoms. The van der Waals surface area contributed by atoms with Crippen molar-refractivity contribution in [1.82, 2.24) is 9.88 Å². The number of nitrogens with zero attached hydrogens (tertiary/aromatic N) is 2. The third-order valence-electron chi connectivity index (χ3n) is 3.58. The van der Waals surface area contributed by atoms with Gasteiger partial charge in [0.25, 0.3) is 5.91 Å². The van der Waals surface area contributed by atoms with Crippen LogP contribution in [0.4, 0.5) is 0 Å². The summed E-state index contributed by atoms with van der Waals surface area (Å²) in [4.78, 5) is 18.5. The summed E-state index contributed by atoms with van der Waals surface area (Å²) in [6.45, 7) is 5.58. The summed E-state index contributed by atoms with van der Waals surface area (Å²) in [6, 6.07) is 0.305. The molecule has 0 aliphatic carbocycles. The first-order valence-corrected chi connectivity index (χ1v) is 6.97. The summed E-state index contributed by atoms with van der Waals surface area (Å²) >= 11 is 1.46. The number of piperidine rings is 1. The maximum absolute atomic E-state index is 12.3. The van der Waals surface area contributed by atoms with Crippen LogP contribution in [0, 0.1) is 5.92 Å². The van der Waals surface area contributed by atoms with Crippen LogP contribution in [0.15, 0.2) is 5.38 Å². The van der Waals surface area contributed by atoms with Gasteiger partial charge in [-0.25, -0.2) is 4.98 Å². The minimum atomic E-state index is 0.0556. The second-order valence-electron chi connectivity index (χ2n) is 4.69. The number of hydrogen-bond donors (Lipinski definition) is 1. The van der Waals surface area contributed by atoms with Gasteiger partial charge in [0, 0.05) is 24.5 Å². The van der Waals surface area contributed by atoms with Crippen molar-refractivity contribution in [2.45, 2.75) is 39.3 Å². The van der Waals surface area contributed by atoms with Crippen LogP contribution in [-0.4, -0.2) is 28.4 Å². The molecule has 2 heterocycles. The van der Waals surface area contributed by atoms with Gasteiger partial charge >= 0.3 is 0 Å². The zero-order chi connectivity index (χ0) is 12.4. The molecule has 2 atom stereocenters. The number of thiazole rings is 1. The molecule has 4 nitrogen and oxygen atoms in total. The molecule has 0 bridgehead atoms. The predicted octanol–water partition coefficient (Wildman–Crippen LogP) is 1.86. The van der Waals surface area contributed by atoms with Crippen LogP contribution in [0.2, 0.25) is 0 Å². The molecule has 0 saturated carbocycles. The molecular weight excluding hydrogens is 234 g/mol. The van der Waals surface area contributed by atoms with Gasteiger partial charge in [-0.05, 0) is 25.7 Å². The second kappa shape index (κ2) is 5.14. The van der Waals surface area contributed by atoms with Crippen molar-refractivity contribution < 1.29 is 4.79 Å². The van der Waals surface area contributed by atoms with Crippen molar-refractivity contribution in [3.63, 3.8) is 0 Å². The highest BCUT2D eigenvalue weighted by molar-refractivity contribution is 7.09. The normalized spacial score (nSPS) is 25.0. The molecule has 1 aliphatic heterocycles. The quantitative estimate of drug-likeness (QED) is 0.875. The van der Waals surface area contributed by atoms with Crippen LogP contribution in [0.5, 0.6) is 0 Å². The SMILES string of the molecule is CC1CCCN(C(=O)c2csc(CN)n2)C1C. The number of carbonyl (C=O) groups excluding carboxylic acids is 1. The van der Waals surface area contributed by atoms with Crippen molar-refractivity contribution in [1.29, 1.82) is 0 Å². The molecule has 1 aromatic rings. The van der Waals surface area contributed by atoms with Crippen LogP contribution >= 0.6 is 11.3 Å². The molecule has 5 heteroatoms. The van der Waals surface area contributed by atoms with Crippen molar-refractivity contribution >= 4 is 17.2 Å². The third kappa shape index (κ3) is 2.50. The van der Waals surface area contributed by atoms with E-state index in [2.05, 4.69) is 18.8 Å². The molecule has 2 unspecified atom stereocenters. The van der Waals surface area contributed by atoms with Gasteiger partial charge in [0.15, 0.2) is 0 Å². The fraction of sp³-hybridized carbons (Fsp3) is 0.667. The molecule has 0 aromatic carbocycles. The lowest BCUT2D eigenvalue weighted by molar-refractivity contribution is 0.0545. The standard InChI is InChI=1S/C12H19N3OS/c1-8-4-3-5-15(9(8)2)12(16)10-7-17-11(6-13)14-10/h7-9H,3-6,13H2,1-2H3. The highest BCUT2D eigenvalue weighted by Gasteiger charge is 2.29. The Hall–Kier alpha value is -0.940. The van der Waals surface area contributed by atoms with Gasteiger partial charge in [-0.15, -0.1) is 11.3 Å². The van der Waals surface area contributed by atoms with Crippen molar-refractivity contribution in [3.8, 4) is 0 Å². The maximum atomic E-state index is 12.3. The van der Waals surface area contributed by atoms with E-state index in [9.17, 15) is 4.79 Å². The first-order valence-electron chi connectivity index (χ1n) is 6.09. The third-order valence-corrected chi connectivity index (χ3v) is 4.45. The lowest BCUT2D eigenvalue weighted by Gasteiger charge is -2.37. The highest BCUT2D eigenvalue weighted by Crippen LogP contribution is 2.24. The minimum Gasteiger partial charge on any atom is -0.334 e. The molecule has 1 aromatic heterocycles. The van der Waals surface area contributed by atoms with Crippen LogP contribution in [0.1, 0.15) is 42.2 Å². The van der Waals surface area contributed by atoms with Crippen LogP contribution in [0.3, 0.4) is 0 Å². The van der Waals surface area contributed by atoms with Crippen molar-refractivity contribution in [3.05, 3.63) is 16.1 Å². The van der Waals surface area contributed by atoms with E-state index in [0.29, 0.717) is 24.2 Å². The lowest BCUT2D eigenvalue weighted by Crippen LogP contribution is -2.46. The summed E-state index contributed by atoms with van der Waals surface area (Å²) in [5.74, 6) is 0.625. The van der Waals surface area contributed by atoms with E-state index in [4.69, 9.17) is 5.73 Å². The molecule has 1 amide bonds. The smallest absolute Gasteiger partial charge is 0.273 e. The van der Waals surface area contributed by atoms with Gasteiger partial charge in [-0.2, -0.15) is 0 Å². The van der Waals surface area contributed by atoms with Gasteiger partial charge in [0.1, 0.15) is 10.7 Å². The first kappa shape index (κ1) is 12.5. The number of likely N-dealkylation sites (tertiary alicyclic amines) is 1. The number of aromatic nitrogens is 1. The van der Waals surface area contributed by atoms with Gasteiger partial charge in [0.2, 0.25) is 0 Å². The highest BCUT2D eigenvalue weighted by atomic mass is 32.1. The Balaban J connectivity index is 2.13. The minimum absolute atomic E-state index is 0.0556. The maximum Gasteiger partial charge on any atom is 0.273 e. The lowest BCUT2D eigenvalue weighted by atomic mass is 9.92. The zero-order valence-electron chi connectivity index (χ0n) is 10.3. The number of amides is 1. The van der Waals surface area contributed by atoms with Crippen molar-refractivity contribution in [2.24, 2.45) is 11.7 Å². The molecule has 2 N–H and O–H groups in total. The molecule has 94 valence electrons. The number of hydrogen-bond acceptors (Lipinski definition) is 4. The molecule has 0 spiro atoms. The number of nitrogens with two attached hydrogens (primary N) is 1. The van der Waals surface area contributed by atoms with E-state index in [-0.39, 0.29) is 5.91 Å². The summed E-state index contributed by atoms with van der Waals surface area (Å²) in [6.07, 6.45) is 2.29. The Morgan fingerprint density at radius 2 is 2.41 bits per heavy atom. The summed E-state index contributed by atoms with van der Waals surface area (Å²) < 4.78 is 0. The fourth-order valence-electron chi connectivity index (χ4n) is 2.27. The average Bonchev–Trinajstić information content (AvgIpc) is 2.80. The van der Waals surface area contributed by atoms with Gasteiger partial charge in [0.05, 0.1) is 0 Å². The molecule has 1 fully saturated rings. The first-order chi connectivity index (χ1) is 8.13. The largest absolute Gasteiger partial charge is 0.334 e. The van der Waals surface area contributed by atoms with E-state index in [0.717, 1.165) is 18.0 Å². The van der Waals surface area contributed by atoms with Crippen LogP contribution in [-0.2, 0) is 6.54 Å². The monoisotopic (exact) mass is 253 g/mol. The molecule has 1 aliphatic rings. The molecule has 2 rings (SSSR count). The van der Waals surface area contributed by atoms with Crippen LogP contribution < -0.4 is 5.73 Å². The fourth-order valence-corrected chi connectivity index (χ4v) is 2.92. The number of rotatable bonds is 2. The molecule has 0 radical (unpaired) electrons. The summed E-state index contributed by atoms with van der Waals surface area (Å²) in [5, 5.41) is 2.64. The van der Waals surface area contributed by atoms with E-state index < -0.39 is 0 Å². The van der Waals surface area contributed by atoms with Gasteiger partial charge in [-0.1, -0.05) is 6.92 Å². The van der Waals surface area contributed by atoms with E-state index in [1.807, 2.05) is 10.3 Å². The van der Waals surface area contributed by atoms with Crippen LogP contribution in [0.25, 0.3) is 0 Å².